The van der Waals surface area contributed by atoms with Crippen molar-refractivity contribution in [2.24, 2.45) is 0 Å². The van der Waals surface area contributed by atoms with Crippen molar-refractivity contribution in [1.29, 1.82) is 0 Å². The van der Waals surface area contributed by atoms with Gasteiger partial charge in [-0.2, -0.15) is 0 Å². The molecule has 1 aliphatic heterocycles. The highest BCUT2D eigenvalue weighted by molar-refractivity contribution is 14.1. The van der Waals surface area contributed by atoms with Gasteiger partial charge in [0.1, 0.15) is 11.8 Å². The van der Waals surface area contributed by atoms with Gasteiger partial charge in [0, 0.05) is 21.2 Å². The van der Waals surface area contributed by atoms with Crippen LogP contribution in [0.2, 0.25) is 0 Å². The van der Waals surface area contributed by atoms with Crippen LogP contribution in [0.4, 0.5) is 5.69 Å². The number of imide groups is 1. The van der Waals surface area contributed by atoms with Crippen LogP contribution in [-0.2, 0) is 11.2 Å². The van der Waals surface area contributed by atoms with Gasteiger partial charge in [-0.3, -0.25) is 19.3 Å². The molecule has 0 saturated heterocycles. The van der Waals surface area contributed by atoms with E-state index in [0.29, 0.717) is 33.8 Å². The van der Waals surface area contributed by atoms with E-state index in [0.717, 1.165) is 8.47 Å². The summed E-state index contributed by atoms with van der Waals surface area (Å²) in [5.74, 6) is -0.864. The summed E-state index contributed by atoms with van der Waals surface area (Å²) < 4.78 is 6.24. The van der Waals surface area contributed by atoms with Gasteiger partial charge in [0.15, 0.2) is 0 Å². The second kappa shape index (κ2) is 8.02. The molecule has 3 amide bonds. The van der Waals surface area contributed by atoms with E-state index in [2.05, 4.69) is 33.1 Å². The Kier molecular flexibility index (Phi) is 5.42. The molecule has 0 aliphatic carbocycles. The summed E-state index contributed by atoms with van der Waals surface area (Å²) in [5, 5.41) is 6.76. The number of benzene rings is 2. The van der Waals surface area contributed by atoms with Gasteiger partial charge in [0.25, 0.3) is 11.8 Å². The highest BCUT2D eigenvalue weighted by atomic mass is 127. The van der Waals surface area contributed by atoms with Crippen LogP contribution in [0, 0.1) is 17.4 Å². The minimum Gasteiger partial charge on any atom is -0.361 e. The summed E-state index contributed by atoms with van der Waals surface area (Å²) in [6.45, 7) is 3.51. The van der Waals surface area contributed by atoms with Crippen LogP contribution in [-0.4, -0.2) is 33.8 Å². The third-order valence-electron chi connectivity index (χ3n) is 5.13. The Morgan fingerprint density at radius 1 is 1.07 bits per heavy atom. The first-order valence-corrected chi connectivity index (χ1v) is 10.4. The van der Waals surface area contributed by atoms with E-state index < -0.39 is 23.8 Å². The molecule has 8 heteroatoms. The van der Waals surface area contributed by atoms with E-state index in [4.69, 9.17) is 4.52 Å². The number of anilines is 1. The molecule has 7 nitrogen and oxygen atoms in total. The number of halogens is 1. The molecule has 3 aromatic rings. The van der Waals surface area contributed by atoms with Crippen molar-refractivity contribution in [3.05, 3.63) is 80.2 Å². The van der Waals surface area contributed by atoms with Gasteiger partial charge in [-0.25, -0.2) is 0 Å². The van der Waals surface area contributed by atoms with Gasteiger partial charge in [0.05, 0.1) is 16.8 Å². The Hall–Kier alpha value is -3.01. The molecule has 0 spiro atoms. The van der Waals surface area contributed by atoms with E-state index in [1.807, 2.05) is 12.1 Å². The Bertz CT molecular complexity index is 1100. The molecule has 2 aromatic carbocycles. The molecular weight excluding hydrogens is 497 g/mol. The normalized spacial score (nSPS) is 14.0. The zero-order valence-corrected chi connectivity index (χ0v) is 18.5. The van der Waals surface area contributed by atoms with E-state index in [-0.39, 0.29) is 6.42 Å². The highest BCUT2D eigenvalue weighted by Crippen LogP contribution is 2.28. The summed E-state index contributed by atoms with van der Waals surface area (Å²) in [6.07, 6.45) is 0.114. The number of nitrogens with zero attached hydrogens (tertiary/aromatic N) is 2. The lowest BCUT2D eigenvalue weighted by Gasteiger charge is -2.25. The fraction of sp³-hybridized carbons (Fsp3) is 0.182. The zero-order chi connectivity index (χ0) is 21.4. The Morgan fingerprint density at radius 2 is 1.67 bits per heavy atom. The fourth-order valence-electron chi connectivity index (χ4n) is 3.54. The van der Waals surface area contributed by atoms with Crippen molar-refractivity contribution in [3.63, 3.8) is 0 Å². The smallest absolute Gasteiger partial charge is 0.262 e. The average molecular weight is 515 g/mol. The molecule has 152 valence electrons. The van der Waals surface area contributed by atoms with Gasteiger partial charge >= 0.3 is 0 Å². The minimum absolute atomic E-state index is 0.114. The maximum atomic E-state index is 13.3. The molecule has 1 aromatic heterocycles. The summed E-state index contributed by atoms with van der Waals surface area (Å²) in [6, 6.07) is 12.8. The topological polar surface area (TPSA) is 92.5 Å². The number of carbonyl (C=O) groups is 3. The molecule has 2 heterocycles. The van der Waals surface area contributed by atoms with Crippen molar-refractivity contribution >= 4 is 46.0 Å². The van der Waals surface area contributed by atoms with Gasteiger partial charge in [0.2, 0.25) is 5.91 Å². The monoisotopic (exact) mass is 515 g/mol. The van der Waals surface area contributed by atoms with Crippen molar-refractivity contribution < 1.29 is 18.9 Å². The molecule has 4 rings (SSSR count). The number of aromatic nitrogens is 1. The molecule has 1 aliphatic rings. The average Bonchev–Trinajstić information content (AvgIpc) is 3.18. The SMILES string of the molecule is Cc1noc(C)c1CC(C(=O)Nc1ccc(I)cc1)N1C(=O)c2ccccc2C1=O. The predicted octanol–water partition coefficient (Wildman–Crippen LogP) is 3.74. The number of carbonyl (C=O) groups excluding carboxylic acids is 3. The van der Waals surface area contributed by atoms with E-state index in [1.54, 1.807) is 50.2 Å². The lowest BCUT2D eigenvalue weighted by atomic mass is 10.0. The van der Waals surface area contributed by atoms with Crippen LogP contribution in [0.1, 0.15) is 37.7 Å². The molecule has 30 heavy (non-hydrogen) atoms. The number of hydrogen-bond acceptors (Lipinski definition) is 5. The van der Waals surface area contributed by atoms with Crippen LogP contribution in [0.3, 0.4) is 0 Å². The molecular formula is C22H18IN3O4. The van der Waals surface area contributed by atoms with Crippen LogP contribution >= 0.6 is 22.6 Å². The Balaban J connectivity index is 1.70. The molecule has 1 atom stereocenters. The predicted molar refractivity (Wildman–Crippen MR) is 118 cm³/mol. The number of fused-ring (bicyclic) bond motifs is 1. The lowest BCUT2D eigenvalue weighted by Crippen LogP contribution is -2.48. The first-order valence-electron chi connectivity index (χ1n) is 9.32. The molecule has 0 radical (unpaired) electrons. The number of rotatable bonds is 5. The van der Waals surface area contributed by atoms with Crippen LogP contribution in [0.15, 0.2) is 53.1 Å². The second-order valence-corrected chi connectivity index (χ2v) is 8.29. The molecule has 0 fully saturated rings. The number of aryl methyl sites for hydroxylation is 2. The minimum atomic E-state index is -1.05. The number of hydrogen-bond donors (Lipinski definition) is 1. The quantitative estimate of drug-likeness (QED) is 0.413. The maximum absolute atomic E-state index is 13.3. The van der Waals surface area contributed by atoms with Crippen molar-refractivity contribution in [1.82, 2.24) is 10.1 Å². The van der Waals surface area contributed by atoms with Gasteiger partial charge in [-0.1, -0.05) is 17.3 Å². The standard InChI is InChI=1S/C22H18IN3O4/c1-12-18(13(2)30-25-12)11-19(20(27)24-15-9-7-14(23)8-10-15)26-21(28)16-5-3-4-6-17(16)22(26)29/h3-10,19H,11H2,1-2H3,(H,24,27). The highest BCUT2D eigenvalue weighted by Gasteiger charge is 2.43. The Labute approximate surface area is 186 Å². The molecule has 0 saturated carbocycles. The summed E-state index contributed by atoms with van der Waals surface area (Å²) in [7, 11) is 0. The summed E-state index contributed by atoms with van der Waals surface area (Å²) >= 11 is 2.17. The van der Waals surface area contributed by atoms with Gasteiger partial charge in [-0.15, -0.1) is 0 Å². The Morgan fingerprint density at radius 3 is 2.20 bits per heavy atom. The summed E-state index contributed by atoms with van der Waals surface area (Å²) in [5.41, 5.74) is 2.51. The van der Waals surface area contributed by atoms with Crippen molar-refractivity contribution in [3.8, 4) is 0 Å². The number of nitrogens with one attached hydrogen (secondary N) is 1. The fourth-order valence-corrected chi connectivity index (χ4v) is 3.90. The third-order valence-corrected chi connectivity index (χ3v) is 5.85. The van der Waals surface area contributed by atoms with Gasteiger partial charge in [-0.05, 0) is 72.8 Å². The maximum Gasteiger partial charge on any atom is 0.262 e. The van der Waals surface area contributed by atoms with Crippen molar-refractivity contribution in [2.45, 2.75) is 26.3 Å². The lowest BCUT2D eigenvalue weighted by molar-refractivity contribution is -0.119. The van der Waals surface area contributed by atoms with E-state index >= 15 is 0 Å². The molecule has 1 unspecified atom stereocenters. The molecule has 0 bridgehead atoms. The number of amides is 3. The van der Waals surface area contributed by atoms with Crippen LogP contribution < -0.4 is 5.32 Å². The third kappa shape index (κ3) is 3.62. The van der Waals surface area contributed by atoms with E-state index in [1.165, 1.54) is 0 Å². The largest absolute Gasteiger partial charge is 0.361 e. The van der Waals surface area contributed by atoms with Gasteiger partial charge < -0.3 is 9.84 Å². The second-order valence-electron chi connectivity index (χ2n) is 7.04. The first kappa shape index (κ1) is 20.3. The summed E-state index contributed by atoms with van der Waals surface area (Å²) in [4.78, 5) is 40.4. The molecule has 1 N–H and O–H groups in total. The van der Waals surface area contributed by atoms with E-state index in [9.17, 15) is 14.4 Å². The first-order chi connectivity index (χ1) is 14.4. The van der Waals surface area contributed by atoms with Crippen LogP contribution in [0.25, 0.3) is 0 Å². The zero-order valence-electron chi connectivity index (χ0n) is 16.3. The van der Waals surface area contributed by atoms with Crippen molar-refractivity contribution in [2.75, 3.05) is 5.32 Å². The van der Waals surface area contributed by atoms with Crippen LogP contribution in [0.5, 0.6) is 0 Å².